The van der Waals surface area contributed by atoms with Gasteiger partial charge in [-0.2, -0.15) is 0 Å². The fourth-order valence-corrected chi connectivity index (χ4v) is 7.51. The second kappa shape index (κ2) is 20.4. The van der Waals surface area contributed by atoms with Crippen molar-refractivity contribution in [3.8, 4) is 5.75 Å². The van der Waals surface area contributed by atoms with Crippen molar-refractivity contribution < 1.29 is 44.0 Å². The Morgan fingerprint density at radius 1 is 1.06 bits per heavy atom. The monoisotopic (exact) mass is 759 g/mol. The van der Waals surface area contributed by atoms with Crippen LogP contribution < -0.4 is 10.6 Å². The van der Waals surface area contributed by atoms with Crippen molar-refractivity contribution in [2.75, 3.05) is 20.3 Å². The van der Waals surface area contributed by atoms with Gasteiger partial charge in [0.2, 0.25) is 11.8 Å². The van der Waals surface area contributed by atoms with Gasteiger partial charge >= 0.3 is 11.9 Å². The first kappa shape index (κ1) is 43.3. The van der Waals surface area contributed by atoms with E-state index in [1.165, 1.54) is 29.3 Å². The predicted molar refractivity (Wildman–Crippen MR) is 200 cm³/mol. The molecule has 0 bridgehead atoms. The number of nitrogens with zero attached hydrogens (tertiary/aromatic N) is 3. The van der Waals surface area contributed by atoms with Crippen molar-refractivity contribution in [3.05, 3.63) is 45.9 Å². The molecule has 3 rings (SSSR count). The van der Waals surface area contributed by atoms with Crippen LogP contribution in [0.2, 0.25) is 0 Å². The molecule has 1 aromatic heterocycles. The second-order valence-electron chi connectivity index (χ2n) is 14.5. The molecule has 1 aliphatic heterocycles. The third-order valence-electron chi connectivity index (χ3n) is 10.1. The highest BCUT2D eigenvalue weighted by atomic mass is 32.1. The average molecular weight is 760 g/mol. The Morgan fingerprint density at radius 3 is 2.30 bits per heavy atom. The van der Waals surface area contributed by atoms with Crippen molar-refractivity contribution in [1.82, 2.24) is 25.4 Å². The van der Waals surface area contributed by atoms with E-state index in [4.69, 9.17) is 4.74 Å². The number of piperidine rings is 1. The van der Waals surface area contributed by atoms with Crippen LogP contribution in [0.5, 0.6) is 5.75 Å². The van der Waals surface area contributed by atoms with Gasteiger partial charge in [0, 0.05) is 30.8 Å². The number of amides is 3. The van der Waals surface area contributed by atoms with Crippen molar-refractivity contribution in [2.45, 2.75) is 117 Å². The molecule has 3 amide bonds. The number of aromatic nitrogens is 1. The zero-order valence-electron chi connectivity index (χ0n) is 31.9. The molecule has 5 N–H and O–H groups in total. The van der Waals surface area contributed by atoms with Crippen LogP contribution in [0.1, 0.15) is 107 Å². The summed E-state index contributed by atoms with van der Waals surface area (Å²) in [7, 11) is 1.90. The van der Waals surface area contributed by atoms with Gasteiger partial charge in [0.1, 0.15) is 29.2 Å². The van der Waals surface area contributed by atoms with Crippen LogP contribution in [0, 0.1) is 17.8 Å². The molecule has 1 saturated heterocycles. The smallest absolute Gasteiger partial charge is 0.306 e. The van der Waals surface area contributed by atoms with Gasteiger partial charge in [-0.15, -0.1) is 11.3 Å². The van der Waals surface area contributed by atoms with Crippen molar-refractivity contribution in [2.24, 2.45) is 17.8 Å². The van der Waals surface area contributed by atoms with Crippen molar-refractivity contribution in [3.63, 3.8) is 0 Å². The number of rotatable bonds is 19. The fraction of sp³-hybridized carbons (Fsp3) is 0.632. The normalized spacial score (nSPS) is 18.2. The van der Waals surface area contributed by atoms with Gasteiger partial charge in [-0.05, 0) is 68.8 Å². The molecule has 0 aliphatic carbocycles. The average Bonchev–Trinajstić information content (AvgIpc) is 3.61. The minimum absolute atomic E-state index is 0.0456. The standard InChI is InChI=1S/C38H57N5O9S/c1-8-23(4)33(41-35(48)30-11-9-10-16-42(30)7)37(49)43(21-44)31(22(2)3)19-32(52-25(6)45)36-40-29(20-53-36)34(47)39-27(17-24(5)38(50)51)18-26-12-14-28(46)15-13-26/h12-15,20,22-24,27,30-33,44,46H,8-11,16-19,21H2,1-7H3,(H,39,47)(H,41,48)(H,50,51)/t23?,24-,27+,30+,31+,32+,33-/m0/s1. The quantitative estimate of drug-likeness (QED) is 0.102. The number of aromatic hydroxyl groups is 1. The van der Waals surface area contributed by atoms with Crippen LogP contribution in [0.15, 0.2) is 29.6 Å². The zero-order chi connectivity index (χ0) is 39.4. The highest BCUT2D eigenvalue weighted by Gasteiger charge is 2.38. The number of carbonyl (C=O) groups is 5. The summed E-state index contributed by atoms with van der Waals surface area (Å²) in [6, 6.07) is 3.98. The zero-order valence-corrected chi connectivity index (χ0v) is 32.7. The van der Waals surface area contributed by atoms with E-state index in [0.717, 1.165) is 36.3 Å². The van der Waals surface area contributed by atoms with E-state index in [0.29, 0.717) is 24.3 Å². The fourth-order valence-electron chi connectivity index (χ4n) is 6.67. The van der Waals surface area contributed by atoms with E-state index in [1.807, 2.05) is 39.6 Å². The molecular formula is C38H57N5O9S. The topological polar surface area (TPSA) is 199 Å². The lowest BCUT2D eigenvalue weighted by Gasteiger charge is -2.39. The van der Waals surface area contributed by atoms with Crippen LogP contribution in [-0.2, 0) is 30.3 Å². The van der Waals surface area contributed by atoms with Crippen LogP contribution in [0.4, 0.5) is 0 Å². The number of aliphatic hydroxyl groups excluding tert-OH is 1. The summed E-state index contributed by atoms with van der Waals surface area (Å²) in [5.74, 6) is -3.92. The van der Waals surface area contributed by atoms with E-state index >= 15 is 0 Å². The Labute approximate surface area is 316 Å². The highest BCUT2D eigenvalue weighted by molar-refractivity contribution is 7.09. The molecule has 1 aliphatic rings. The summed E-state index contributed by atoms with van der Waals surface area (Å²) >= 11 is 1.10. The Balaban J connectivity index is 1.85. The number of aliphatic carboxylic acids is 1. The SMILES string of the molecule is CCC(C)[C@H](NC(=O)[C@H]1CCCCN1C)C(=O)N(CO)[C@H](C[C@@H](OC(C)=O)c1nc(C(=O)N[C@@H](Cc2ccc(O)cc2)C[C@H](C)C(=O)O)cs1)C(C)C. The molecule has 0 radical (unpaired) electrons. The number of likely N-dealkylation sites (N-methyl/N-ethyl adjacent to an activating group) is 1. The summed E-state index contributed by atoms with van der Waals surface area (Å²) in [6.45, 7) is 10.5. The molecule has 2 aromatic rings. The van der Waals surface area contributed by atoms with Gasteiger partial charge in [0.25, 0.3) is 5.91 Å². The summed E-state index contributed by atoms with van der Waals surface area (Å²) in [5, 5.41) is 37.6. The van der Waals surface area contributed by atoms with Crippen molar-refractivity contribution >= 4 is 41.0 Å². The number of esters is 1. The van der Waals surface area contributed by atoms with Crippen LogP contribution >= 0.6 is 11.3 Å². The minimum atomic E-state index is -1.00. The lowest BCUT2D eigenvalue weighted by molar-refractivity contribution is -0.151. The summed E-state index contributed by atoms with van der Waals surface area (Å²) in [6.07, 6.45) is 2.77. The number of likely N-dealkylation sites (tertiary alicyclic amines) is 1. The number of carbonyl (C=O) groups excluding carboxylic acids is 4. The van der Waals surface area contributed by atoms with Gasteiger partial charge in [0.15, 0.2) is 6.10 Å². The summed E-state index contributed by atoms with van der Waals surface area (Å²) in [4.78, 5) is 73.0. The minimum Gasteiger partial charge on any atom is -0.508 e. The van der Waals surface area contributed by atoms with Crippen LogP contribution in [-0.4, -0.2) is 104 Å². The van der Waals surface area contributed by atoms with E-state index in [1.54, 1.807) is 19.1 Å². The number of carboxylic acid groups (broad SMARTS) is 1. The van der Waals surface area contributed by atoms with Gasteiger partial charge < -0.3 is 35.6 Å². The molecule has 15 heteroatoms. The number of aliphatic hydroxyl groups is 1. The first-order valence-electron chi connectivity index (χ1n) is 18.4. The lowest BCUT2D eigenvalue weighted by Crippen LogP contribution is -2.59. The first-order valence-corrected chi connectivity index (χ1v) is 19.3. The Hall–Kier alpha value is -4.08. The summed E-state index contributed by atoms with van der Waals surface area (Å²) in [5.41, 5.74) is 0.836. The maximum atomic E-state index is 14.2. The third kappa shape index (κ3) is 12.5. The molecule has 0 saturated carbocycles. The molecule has 2 heterocycles. The first-order chi connectivity index (χ1) is 25.1. The van der Waals surface area contributed by atoms with Crippen molar-refractivity contribution in [1.29, 1.82) is 0 Å². The Bertz CT molecular complexity index is 1530. The second-order valence-corrected chi connectivity index (χ2v) is 15.4. The van der Waals surface area contributed by atoms with Gasteiger partial charge in [0.05, 0.1) is 12.0 Å². The van der Waals surface area contributed by atoms with Crippen LogP contribution in [0.3, 0.4) is 0 Å². The molecule has 7 atom stereocenters. The number of benzene rings is 1. The molecule has 294 valence electrons. The van der Waals surface area contributed by atoms with E-state index in [-0.39, 0.29) is 48.1 Å². The summed E-state index contributed by atoms with van der Waals surface area (Å²) < 4.78 is 5.71. The van der Waals surface area contributed by atoms with E-state index in [2.05, 4.69) is 15.6 Å². The molecule has 0 spiro atoms. The van der Waals surface area contributed by atoms with Gasteiger partial charge in [-0.1, -0.05) is 59.6 Å². The van der Waals surface area contributed by atoms with E-state index < -0.39 is 60.6 Å². The maximum absolute atomic E-state index is 14.2. The maximum Gasteiger partial charge on any atom is 0.306 e. The number of ether oxygens (including phenoxy) is 1. The van der Waals surface area contributed by atoms with Gasteiger partial charge in [-0.3, -0.25) is 28.9 Å². The number of thiazole rings is 1. The Kier molecular flexibility index (Phi) is 16.7. The number of carboxylic acids is 1. The molecular weight excluding hydrogens is 703 g/mol. The largest absolute Gasteiger partial charge is 0.508 e. The molecule has 1 aromatic carbocycles. The lowest BCUT2D eigenvalue weighted by atomic mass is 9.92. The van der Waals surface area contributed by atoms with E-state index in [9.17, 15) is 39.3 Å². The number of phenols is 1. The number of phenolic OH excluding ortho intramolecular Hbond substituents is 1. The number of hydrogen-bond donors (Lipinski definition) is 5. The molecule has 53 heavy (non-hydrogen) atoms. The third-order valence-corrected chi connectivity index (χ3v) is 11.0. The number of hydrogen-bond acceptors (Lipinski definition) is 11. The molecule has 1 fully saturated rings. The number of nitrogens with one attached hydrogen (secondary N) is 2. The highest BCUT2D eigenvalue weighted by Crippen LogP contribution is 2.31. The predicted octanol–water partition coefficient (Wildman–Crippen LogP) is 4.11. The van der Waals surface area contributed by atoms with Crippen LogP contribution in [0.25, 0.3) is 0 Å². The molecule has 14 nitrogen and oxygen atoms in total. The van der Waals surface area contributed by atoms with Gasteiger partial charge in [-0.25, -0.2) is 4.98 Å². The Morgan fingerprint density at radius 2 is 1.74 bits per heavy atom. The molecule has 1 unspecified atom stereocenters.